The average Bonchev–Trinajstić information content (AvgIpc) is 2.69. The zero-order valence-corrected chi connectivity index (χ0v) is 10.5. The molecule has 0 saturated carbocycles. The zero-order chi connectivity index (χ0) is 13.3. The first-order chi connectivity index (χ1) is 8.49. The second-order valence-corrected chi connectivity index (χ2v) is 4.18. The van der Waals surface area contributed by atoms with E-state index in [0.717, 1.165) is 5.56 Å². The monoisotopic (exact) mass is 246 g/mol. The minimum absolute atomic E-state index is 0.0592. The summed E-state index contributed by atoms with van der Waals surface area (Å²) in [6.07, 6.45) is 0. The predicted octanol–water partition coefficient (Wildman–Crippen LogP) is 0.477. The summed E-state index contributed by atoms with van der Waals surface area (Å²) in [5.41, 5.74) is 1.10. The number of nitrogens with one attached hydrogen (secondary N) is 1. The van der Waals surface area contributed by atoms with Gasteiger partial charge in [0.25, 0.3) is 5.91 Å². The summed E-state index contributed by atoms with van der Waals surface area (Å²) in [5, 5.41) is 4.04. The lowest BCUT2D eigenvalue weighted by Crippen LogP contribution is -2.21. The molecule has 0 bridgehead atoms. The Bertz CT molecular complexity index is 622. The standard InChI is InChI=1S/C12H14N4O2/c1-15(2)11(17)9-6-4-8(5-7-9)10-13-12(18)16(3)14-10/h4-7H,1-3H3,(H,13,14,18). The molecule has 1 heterocycles. The van der Waals surface area contributed by atoms with Gasteiger partial charge >= 0.3 is 5.69 Å². The van der Waals surface area contributed by atoms with E-state index in [1.54, 1.807) is 45.4 Å². The van der Waals surface area contributed by atoms with Crippen LogP contribution in [-0.4, -0.2) is 39.7 Å². The molecule has 0 spiro atoms. The molecule has 0 aliphatic carbocycles. The number of nitrogens with zero attached hydrogens (tertiary/aromatic N) is 3. The lowest BCUT2D eigenvalue weighted by atomic mass is 10.1. The Morgan fingerprint density at radius 2 is 1.89 bits per heavy atom. The fraction of sp³-hybridized carbons (Fsp3) is 0.250. The Kier molecular flexibility index (Phi) is 3.01. The van der Waals surface area contributed by atoms with Crippen LogP contribution < -0.4 is 5.69 Å². The van der Waals surface area contributed by atoms with Gasteiger partial charge in [0.05, 0.1) is 0 Å². The van der Waals surface area contributed by atoms with E-state index in [1.807, 2.05) is 0 Å². The molecule has 2 aromatic rings. The van der Waals surface area contributed by atoms with Crippen LogP contribution >= 0.6 is 0 Å². The molecule has 18 heavy (non-hydrogen) atoms. The molecular weight excluding hydrogens is 232 g/mol. The molecule has 1 amide bonds. The normalized spacial score (nSPS) is 10.4. The summed E-state index contributed by atoms with van der Waals surface area (Å²) in [4.78, 5) is 27.1. The highest BCUT2D eigenvalue weighted by molar-refractivity contribution is 5.94. The van der Waals surface area contributed by atoms with Gasteiger partial charge in [-0.05, 0) is 12.1 Å². The molecule has 6 heteroatoms. The molecule has 1 aromatic heterocycles. The maximum Gasteiger partial charge on any atom is 0.343 e. The number of benzene rings is 1. The van der Waals surface area contributed by atoms with Gasteiger partial charge in [0.2, 0.25) is 0 Å². The van der Waals surface area contributed by atoms with Crippen LogP contribution in [0.4, 0.5) is 0 Å². The molecule has 0 aliphatic heterocycles. The molecule has 0 unspecified atom stereocenters. The molecular formula is C12H14N4O2. The SMILES string of the molecule is CN(C)C(=O)c1ccc(-c2nn(C)c(=O)[nH]2)cc1. The van der Waals surface area contributed by atoms with E-state index < -0.39 is 0 Å². The molecule has 0 aliphatic rings. The minimum atomic E-state index is -0.265. The van der Waals surface area contributed by atoms with Gasteiger partial charge in [-0.1, -0.05) is 12.1 Å². The largest absolute Gasteiger partial charge is 0.345 e. The maximum absolute atomic E-state index is 11.7. The van der Waals surface area contributed by atoms with Gasteiger partial charge in [-0.25, -0.2) is 9.48 Å². The number of aryl methyl sites for hydroxylation is 1. The van der Waals surface area contributed by atoms with E-state index in [1.165, 1.54) is 9.58 Å². The van der Waals surface area contributed by atoms with Gasteiger partial charge in [0, 0.05) is 32.3 Å². The smallest absolute Gasteiger partial charge is 0.343 e. The van der Waals surface area contributed by atoms with Crippen molar-refractivity contribution in [3.05, 3.63) is 40.3 Å². The number of carbonyl (C=O) groups is 1. The molecule has 0 radical (unpaired) electrons. The topological polar surface area (TPSA) is 71.0 Å². The van der Waals surface area contributed by atoms with Gasteiger partial charge in [0.15, 0.2) is 5.82 Å². The predicted molar refractivity (Wildman–Crippen MR) is 67.3 cm³/mol. The van der Waals surface area contributed by atoms with Crippen molar-refractivity contribution in [3.8, 4) is 11.4 Å². The molecule has 0 fully saturated rings. The first-order valence-electron chi connectivity index (χ1n) is 5.44. The van der Waals surface area contributed by atoms with Crippen molar-refractivity contribution in [1.82, 2.24) is 19.7 Å². The number of carbonyl (C=O) groups excluding carboxylic acids is 1. The van der Waals surface area contributed by atoms with Crippen LogP contribution in [0.5, 0.6) is 0 Å². The number of aromatic nitrogens is 3. The van der Waals surface area contributed by atoms with Crippen molar-refractivity contribution in [3.63, 3.8) is 0 Å². The number of hydrogen-bond acceptors (Lipinski definition) is 3. The molecule has 1 aromatic carbocycles. The number of rotatable bonds is 2. The number of H-pyrrole nitrogens is 1. The second kappa shape index (κ2) is 4.48. The maximum atomic E-state index is 11.7. The van der Waals surface area contributed by atoms with Gasteiger partial charge < -0.3 is 4.90 Å². The molecule has 2 rings (SSSR count). The summed E-state index contributed by atoms with van der Waals surface area (Å²) >= 11 is 0. The lowest BCUT2D eigenvalue weighted by Gasteiger charge is -2.09. The highest BCUT2D eigenvalue weighted by Crippen LogP contribution is 2.14. The molecule has 1 N–H and O–H groups in total. The van der Waals surface area contributed by atoms with Gasteiger partial charge in [-0.15, -0.1) is 0 Å². The third kappa shape index (κ3) is 2.17. The lowest BCUT2D eigenvalue weighted by molar-refractivity contribution is 0.0827. The van der Waals surface area contributed by atoms with Crippen LogP contribution in [0.15, 0.2) is 29.1 Å². The second-order valence-electron chi connectivity index (χ2n) is 4.18. The average molecular weight is 246 g/mol. The van der Waals surface area contributed by atoms with Crippen molar-refractivity contribution in [2.45, 2.75) is 0 Å². The Morgan fingerprint density at radius 3 is 2.33 bits per heavy atom. The molecule has 0 saturated heterocycles. The van der Waals surface area contributed by atoms with Crippen molar-refractivity contribution in [2.75, 3.05) is 14.1 Å². The van der Waals surface area contributed by atoms with Crippen molar-refractivity contribution in [1.29, 1.82) is 0 Å². The summed E-state index contributed by atoms with van der Waals surface area (Å²) < 4.78 is 1.23. The van der Waals surface area contributed by atoms with Crippen molar-refractivity contribution < 1.29 is 4.79 Å². The highest BCUT2D eigenvalue weighted by Gasteiger charge is 2.09. The van der Waals surface area contributed by atoms with E-state index >= 15 is 0 Å². The third-order valence-corrected chi connectivity index (χ3v) is 2.58. The van der Waals surface area contributed by atoms with Crippen LogP contribution in [-0.2, 0) is 7.05 Å². The molecule has 0 atom stereocenters. The summed E-state index contributed by atoms with van der Waals surface area (Å²) in [7, 11) is 4.98. The van der Waals surface area contributed by atoms with E-state index in [2.05, 4.69) is 10.1 Å². The van der Waals surface area contributed by atoms with Gasteiger partial charge in [-0.2, -0.15) is 5.10 Å². The highest BCUT2D eigenvalue weighted by atomic mass is 16.2. The first-order valence-corrected chi connectivity index (χ1v) is 5.44. The zero-order valence-electron chi connectivity index (χ0n) is 10.5. The first kappa shape index (κ1) is 12.1. The van der Waals surface area contributed by atoms with Crippen LogP contribution in [0.2, 0.25) is 0 Å². The van der Waals surface area contributed by atoms with Crippen molar-refractivity contribution >= 4 is 5.91 Å². The summed E-state index contributed by atoms with van der Waals surface area (Å²) in [6, 6.07) is 6.94. The quantitative estimate of drug-likeness (QED) is 0.837. The minimum Gasteiger partial charge on any atom is -0.345 e. The van der Waals surface area contributed by atoms with Crippen LogP contribution in [0.25, 0.3) is 11.4 Å². The van der Waals surface area contributed by atoms with Crippen LogP contribution in [0, 0.1) is 0 Å². The fourth-order valence-corrected chi connectivity index (χ4v) is 1.56. The summed E-state index contributed by atoms with van der Waals surface area (Å²) in [5.74, 6) is 0.433. The summed E-state index contributed by atoms with van der Waals surface area (Å²) in [6.45, 7) is 0. The molecule has 94 valence electrons. The van der Waals surface area contributed by atoms with E-state index in [0.29, 0.717) is 11.4 Å². The van der Waals surface area contributed by atoms with Crippen molar-refractivity contribution in [2.24, 2.45) is 7.05 Å². The van der Waals surface area contributed by atoms with Gasteiger partial charge in [-0.3, -0.25) is 9.78 Å². The fourth-order valence-electron chi connectivity index (χ4n) is 1.56. The van der Waals surface area contributed by atoms with Crippen LogP contribution in [0.3, 0.4) is 0 Å². The van der Waals surface area contributed by atoms with E-state index in [-0.39, 0.29) is 11.6 Å². The third-order valence-electron chi connectivity index (χ3n) is 2.58. The number of hydrogen-bond donors (Lipinski definition) is 1. The van der Waals surface area contributed by atoms with Gasteiger partial charge in [0.1, 0.15) is 0 Å². The number of aromatic amines is 1. The Labute approximate surface area is 104 Å². The van der Waals surface area contributed by atoms with E-state index in [9.17, 15) is 9.59 Å². The molecule has 6 nitrogen and oxygen atoms in total. The Morgan fingerprint density at radius 1 is 1.28 bits per heavy atom. The van der Waals surface area contributed by atoms with Crippen LogP contribution in [0.1, 0.15) is 10.4 Å². The number of amides is 1. The Balaban J connectivity index is 2.33. The van der Waals surface area contributed by atoms with E-state index in [4.69, 9.17) is 0 Å². The Hall–Kier alpha value is -2.37.